The minimum absolute atomic E-state index is 0. The Balaban J connectivity index is 0.000000182. The van der Waals surface area contributed by atoms with Crippen LogP contribution in [0.25, 0.3) is 43.6 Å². The zero-order chi connectivity index (χ0) is 37.9. The maximum atomic E-state index is 11.4. The second-order valence-corrected chi connectivity index (χ2v) is 12.3. The van der Waals surface area contributed by atoms with Crippen molar-refractivity contribution in [2.75, 3.05) is 17.2 Å². The molecule has 7 rings (SSSR count). The molecule has 15 heteroatoms. The number of hydrogen-bond acceptors (Lipinski definition) is 12. The number of aliphatic hydroxyl groups excluding tert-OH is 3. The van der Waals surface area contributed by atoms with Gasteiger partial charge in [0.1, 0.15) is 0 Å². The SMILES string of the molecule is CC(=O)Nc1cc2ccc(C)nc2c2nc(C)ccc12.CC(=O)Nc1cc2ccc(C)nc2c2nc(C)ccc12.O=C1OC(C(O)C[O-])C(O)=C1O.[Cu+]. The summed E-state index contributed by atoms with van der Waals surface area (Å²) in [5.74, 6) is -3.06. The van der Waals surface area contributed by atoms with Gasteiger partial charge in [0, 0.05) is 58.2 Å². The molecule has 4 aromatic heterocycles. The number of amides is 2. The van der Waals surface area contributed by atoms with Gasteiger partial charge in [-0.25, -0.2) is 4.79 Å². The largest absolute Gasteiger partial charge is 1.00 e. The van der Waals surface area contributed by atoms with Crippen molar-refractivity contribution in [1.82, 2.24) is 19.9 Å². The number of aromatic nitrogens is 4. The molecule has 14 nitrogen and oxygen atoms in total. The van der Waals surface area contributed by atoms with Gasteiger partial charge in [-0.1, -0.05) is 12.1 Å². The van der Waals surface area contributed by atoms with Gasteiger partial charge in [-0.3, -0.25) is 29.5 Å². The minimum atomic E-state index is -1.53. The average Bonchev–Trinajstić information content (AvgIpc) is 3.35. The van der Waals surface area contributed by atoms with Crippen LogP contribution >= 0.6 is 0 Å². The monoisotopic (exact) mass is 768 g/mol. The Bertz CT molecular complexity index is 2280. The molecule has 2 unspecified atom stereocenters. The van der Waals surface area contributed by atoms with Crippen LogP contribution in [0.5, 0.6) is 0 Å². The summed E-state index contributed by atoms with van der Waals surface area (Å²) in [5.41, 5.74) is 8.73. The van der Waals surface area contributed by atoms with E-state index in [0.29, 0.717) is 0 Å². The van der Waals surface area contributed by atoms with E-state index in [-0.39, 0.29) is 28.9 Å². The number of cyclic esters (lactones) is 1. The standard InChI is InChI=1S/2C16H15N3O.C6H7O6.Cu/c2*1-9-4-6-12-8-14(19-11(3)20)13-7-5-10(2)18-16(13)15(12)17-9;7-1-2(8)5-3(9)4(10)6(11)12-5;/h2*4-8H,1-3H3,(H,19,20);2,5,8-10H,1H2;/q;;-1;+1. The average molecular weight is 769 g/mol. The Kier molecular flexibility index (Phi) is 12.6. The first kappa shape index (κ1) is 40.0. The molecule has 5 heterocycles. The molecule has 0 aliphatic carbocycles. The molecular formula is C38H37CuN6O8. The van der Waals surface area contributed by atoms with E-state index in [2.05, 4.69) is 35.3 Å². The summed E-state index contributed by atoms with van der Waals surface area (Å²) in [5, 5.41) is 46.1. The van der Waals surface area contributed by atoms with Crippen molar-refractivity contribution in [2.24, 2.45) is 0 Å². The molecule has 0 radical (unpaired) electrons. The first-order valence-electron chi connectivity index (χ1n) is 16.2. The van der Waals surface area contributed by atoms with E-state index in [1.165, 1.54) is 13.8 Å². The number of hydrogen-bond donors (Lipinski definition) is 5. The molecule has 2 amide bonds. The zero-order valence-corrected chi connectivity index (χ0v) is 30.6. The molecule has 5 N–H and O–H groups in total. The van der Waals surface area contributed by atoms with Crippen LogP contribution in [0.1, 0.15) is 36.6 Å². The van der Waals surface area contributed by atoms with E-state index in [4.69, 9.17) is 15.3 Å². The number of nitrogens with zero attached hydrogens (tertiary/aromatic N) is 4. The smallest absolute Gasteiger partial charge is 0.853 e. The second-order valence-electron chi connectivity index (χ2n) is 12.3. The van der Waals surface area contributed by atoms with Crippen LogP contribution in [0, 0.1) is 27.7 Å². The Labute approximate surface area is 314 Å². The fraction of sp³-hybridized carbons (Fsp3) is 0.237. The molecule has 6 aromatic rings. The number of carbonyl (C=O) groups excluding carboxylic acids is 3. The fourth-order valence-corrected chi connectivity index (χ4v) is 5.52. The predicted octanol–water partition coefficient (Wildman–Crippen LogP) is 4.67. The topological polar surface area (TPSA) is 220 Å². The fourth-order valence-electron chi connectivity index (χ4n) is 5.52. The van der Waals surface area contributed by atoms with Gasteiger partial charge < -0.3 is 35.8 Å². The van der Waals surface area contributed by atoms with Crippen molar-refractivity contribution in [1.29, 1.82) is 0 Å². The van der Waals surface area contributed by atoms with Gasteiger partial charge in [0.2, 0.25) is 17.6 Å². The Hall–Kier alpha value is -5.73. The number of benzene rings is 2. The zero-order valence-electron chi connectivity index (χ0n) is 29.6. The van der Waals surface area contributed by atoms with Gasteiger partial charge in [-0.2, -0.15) is 0 Å². The van der Waals surface area contributed by atoms with Crippen LogP contribution in [-0.2, 0) is 36.2 Å². The number of ether oxygens (including phenoxy) is 1. The summed E-state index contributed by atoms with van der Waals surface area (Å²) in [6, 6.07) is 19.7. The van der Waals surface area contributed by atoms with Crippen molar-refractivity contribution in [3.8, 4) is 0 Å². The van der Waals surface area contributed by atoms with Crippen molar-refractivity contribution in [3.63, 3.8) is 0 Å². The van der Waals surface area contributed by atoms with Crippen molar-refractivity contribution in [3.05, 3.63) is 95.0 Å². The van der Waals surface area contributed by atoms with Gasteiger partial charge in [-0.05, 0) is 76.2 Å². The maximum Gasteiger partial charge on any atom is 1.00 e. The Morgan fingerprint density at radius 2 is 1.09 bits per heavy atom. The second kappa shape index (κ2) is 16.7. The molecular weight excluding hydrogens is 732 g/mol. The summed E-state index contributed by atoms with van der Waals surface area (Å²) >= 11 is 0. The van der Waals surface area contributed by atoms with Gasteiger partial charge in [0.25, 0.3) is 0 Å². The van der Waals surface area contributed by atoms with E-state index >= 15 is 0 Å². The summed E-state index contributed by atoms with van der Waals surface area (Å²) in [7, 11) is 0. The third-order valence-corrected chi connectivity index (χ3v) is 7.91. The Morgan fingerprint density at radius 3 is 1.43 bits per heavy atom. The molecule has 278 valence electrons. The number of carbonyl (C=O) groups is 3. The minimum Gasteiger partial charge on any atom is -0.853 e. The molecule has 2 aromatic carbocycles. The number of fused-ring (bicyclic) bond motifs is 6. The molecule has 53 heavy (non-hydrogen) atoms. The number of aliphatic hydroxyl groups is 3. The molecule has 0 spiro atoms. The van der Waals surface area contributed by atoms with E-state index in [1.807, 2.05) is 88.4 Å². The molecule has 0 bridgehead atoms. The van der Waals surface area contributed by atoms with Gasteiger partial charge in [0.15, 0.2) is 11.9 Å². The normalized spacial score (nSPS) is 14.1. The molecule has 1 aliphatic heterocycles. The van der Waals surface area contributed by atoms with E-state index in [9.17, 15) is 19.5 Å². The predicted molar refractivity (Wildman–Crippen MR) is 195 cm³/mol. The number of esters is 1. The van der Waals surface area contributed by atoms with Gasteiger partial charge >= 0.3 is 23.0 Å². The molecule has 2 atom stereocenters. The molecule has 1 aliphatic rings. The maximum absolute atomic E-state index is 11.4. The quantitative estimate of drug-likeness (QED) is 0.0938. The van der Waals surface area contributed by atoms with Crippen molar-refractivity contribution in [2.45, 2.75) is 53.8 Å². The van der Waals surface area contributed by atoms with Gasteiger partial charge in [-0.15, -0.1) is 6.61 Å². The van der Waals surface area contributed by atoms with Crippen LogP contribution < -0.4 is 15.7 Å². The van der Waals surface area contributed by atoms with Crippen LogP contribution in [0.2, 0.25) is 0 Å². The number of anilines is 2. The third kappa shape index (κ3) is 9.02. The first-order valence-corrected chi connectivity index (χ1v) is 16.2. The van der Waals surface area contributed by atoms with E-state index in [1.54, 1.807) is 0 Å². The number of rotatable bonds is 4. The van der Waals surface area contributed by atoms with E-state index < -0.39 is 36.3 Å². The summed E-state index contributed by atoms with van der Waals surface area (Å²) in [4.78, 5) is 51.6. The first-order chi connectivity index (χ1) is 24.7. The third-order valence-electron chi connectivity index (χ3n) is 7.91. The van der Waals surface area contributed by atoms with Gasteiger partial charge in [0.05, 0.1) is 39.5 Å². The van der Waals surface area contributed by atoms with Crippen molar-refractivity contribution >= 4 is 72.8 Å². The van der Waals surface area contributed by atoms with Crippen LogP contribution in [-0.4, -0.2) is 71.9 Å². The number of aryl methyl sites for hydroxylation is 4. The van der Waals surface area contributed by atoms with Crippen LogP contribution in [0.3, 0.4) is 0 Å². The summed E-state index contributed by atoms with van der Waals surface area (Å²) in [6.07, 6.45) is -2.95. The van der Waals surface area contributed by atoms with Crippen LogP contribution in [0.15, 0.2) is 72.2 Å². The van der Waals surface area contributed by atoms with E-state index in [0.717, 1.165) is 77.8 Å². The van der Waals surface area contributed by atoms with Crippen LogP contribution in [0.4, 0.5) is 11.4 Å². The molecule has 0 fully saturated rings. The Morgan fingerprint density at radius 1 is 0.717 bits per heavy atom. The summed E-state index contributed by atoms with van der Waals surface area (Å²) < 4.78 is 4.28. The number of pyridine rings is 4. The van der Waals surface area contributed by atoms with Crippen molar-refractivity contribution < 1.29 is 56.6 Å². The molecule has 0 saturated carbocycles. The molecule has 0 saturated heterocycles. The number of nitrogens with one attached hydrogen (secondary N) is 2. The summed E-state index contributed by atoms with van der Waals surface area (Å²) in [6.45, 7) is 9.91.